The highest BCUT2D eigenvalue weighted by atomic mass is 19.1. The Labute approximate surface area is 115 Å². The third kappa shape index (κ3) is 2.19. The molecule has 0 spiro atoms. The maximum atomic E-state index is 13.5. The zero-order chi connectivity index (χ0) is 14.3. The topological polar surface area (TPSA) is 64.3 Å². The van der Waals surface area contributed by atoms with Gasteiger partial charge in [0.1, 0.15) is 11.6 Å². The van der Waals surface area contributed by atoms with Crippen LogP contribution < -0.4 is 11.1 Å². The number of halogens is 2. The summed E-state index contributed by atoms with van der Waals surface area (Å²) in [7, 11) is 0. The maximum Gasteiger partial charge on any atom is 0.225 e. The van der Waals surface area contributed by atoms with E-state index in [0.717, 1.165) is 18.6 Å². The molecule has 4 unspecified atom stereocenters. The number of hydrogen-bond donors (Lipinski definition) is 2. The van der Waals surface area contributed by atoms with Gasteiger partial charge in [-0.15, -0.1) is 0 Å². The van der Waals surface area contributed by atoms with E-state index in [4.69, 9.17) is 10.5 Å². The number of carbonyl (C=O) groups is 1. The third-order valence-electron chi connectivity index (χ3n) is 4.17. The summed E-state index contributed by atoms with van der Waals surface area (Å²) in [5, 5.41) is 2.72. The van der Waals surface area contributed by atoms with Gasteiger partial charge in [-0.2, -0.15) is 0 Å². The van der Waals surface area contributed by atoms with Crippen molar-refractivity contribution in [2.75, 3.05) is 6.61 Å². The van der Waals surface area contributed by atoms with Crippen LogP contribution in [0.4, 0.5) is 8.78 Å². The van der Waals surface area contributed by atoms with Crippen LogP contribution in [0.3, 0.4) is 0 Å². The molecule has 1 saturated carbocycles. The summed E-state index contributed by atoms with van der Waals surface area (Å²) in [5.41, 5.74) is 5.75. The van der Waals surface area contributed by atoms with Crippen LogP contribution in [0.5, 0.6) is 0 Å². The van der Waals surface area contributed by atoms with E-state index in [9.17, 15) is 13.6 Å². The molecule has 2 fully saturated rings. The fourth-order valence-electron chi connectivity index (χ4n) is 3.03. The molecule has 0 bridgehead atoms. The Balaban J connectivity index is 1.63. The van der Waals surface area contributed by atoms with Gasteiger partial charge in [-0.25, -0.2) is 8.78 Å². The predicted molar refractivity (Wildman–Crippen MR) is 67.8 cm³/mol. The number of ether oxygens (including phenoxy) is 1. The summed E-state index contributed by atoms with van der Waals surface area (Å²) in [6.45, 7) is 0.650. The minimum atomic E-state index is -0.715. The molecule has 0 aromatic heterocycles. The van der Waals surface area contributed by atoms with Gasteiger partial charge in [-0.05, 0) is 18.6 Å². The second kappa shape index (κ2) is 5.10. The van der Waals surface area contributed by atoms with E-state index in [0.29, 0.717) is 6.61 Å². The molecule has 108 valence electrons. The molecule has 0 radical (unpaired) electrons. The number of hydrogen-bond acceptors (Lipinski definition) is 3. The lowest BCUT2D eigenvalue weighted by Crippen LogP contribution is -2.69. The second-order valence-corrected chi connectivity index (χ2v) is 5.34. The molecular formula is C14H16F2N2O2. The molecule has 20 heavy (non-hydrogen) atoms. The monoisotopic (exact) mass is 282 g/mol. The maximum absolute atomic E-state index is 13.5. The molecule has 3 N–H and O–H groups in total. The van der Waals surface area contributed by atoms with Crippen LogP contribution in [0.25, 0.3) is 0 Å². The van der Waals surface area contributed by atoms with Crippen LogP contribution in [0.2, 0.25) is 0 Å². The van der Waals surface area contributed by atoms with Crippen molar-refractivity contribution in [3.63, 3.8) is 0 Å². The van der Waals surface area contributed by atoms with Crippen LogP contribution in [0.1, 0.15) is 12.0 Å². The summed E-state index contributed by atoms with van der Waals surface area (Å²) in [5.74, 6) is -1.59. The van der Waals surface area contributed by atoms with E-state index >= 15 is 0 Å². The molecule has 1 aliphatic heterocycles. The standard InChI is InChI=1S/C14H16F2N2O2/c15-9-2-1-3-10(16)8(9)6-11(19)18-13-12(17)7-4-5-20-14(7)13/h1-3,7,12-14H,4-6,17H2,(H,18,19). The molecule has 2 aliphatic rings. The Morgan fingerprint density at radius 3 is 2.80 bits per heavy atom. The van der Waals surface area contributed by atoms with E-state index in [1.54, 1.807) is 0 Å². The third-order valence-corrected chi connectivity index (χ3v) is 4.17. The van der Waals surface area contributed by atoms with E-state index < -0.39 is 17.5 Å². The number of benzene rings is 1. The first kappa shape index (κ1) is 13.5. The van der Waals surface area contributed by atoms with Gasteiger partial charge < -0.3 is 15.8 Å². The van der Waals surface area contributed by atoms with Crippen molar-refractivity contribution in [2.24, 2.45) is 11.7 Å². The quantitative estimate of drug-likeness (QED) is 0.859. The molecule has 1 saturated heterocycles. The van der Waals surface area contributed by atoms with Crippen LogP contribution in [0.15, 0.2) is 18.2 Å². The molecule has 4 nitrogen and oxygen atoms in total. The van der Waals surface area contributed by atoms with Gasteiger partial charge in [-0.3, -0.25) is 4.79 Å². The minimum absolute atomic E-state index is 0.0561. The zero-order valence-corrected chi connectivity index (χ0v) is 10.8. The Morgan fingerprint density at radius 2 is 2.10 bits per heavy atom. The van der Waals surface area contributed by atoms with Crippen molar-refractivity contribution in [2.45, 2.75) is 31.0 Å². The molecule has 6 heteroatoms. The lowest BCUT2D eigenvalue weighted by atomic mass is 9.72. The highest BCUT2D eigenvalue weighted by Gasteiger charge is 2.52. The number of nitrogens with two attached hydrogens (primary N) is 1. The Morgan fingerprint density at radius 1 is 1.40 bits per heavy atom. The van der Waals surface area contributed by atoms with E-state index in [2.05, 4.69) is 5.32 Å². The van der Waals surface area contributed by atoms with Gasteiger partial charge in [0.05, 0.1) is 18.6 Å². The highest BCUT2D eigenvalue weighted by molar-refractivity contribution is 5.79. The van der Waals surface area contributed by atoms with Gasteiger partial charge in [0.2, 0.25) is 5.91 Å². The van der Waals surface area contributed by atoms with Crippen molar-refractivity contribution in [1.82, 2.24) is 5.32 Å². The first-order chi connectivity index (χ1) is 9.58. The molecule has 4 atom stereocenters. The molecular weight excluding hydrogens is 266 g/mol. The molecule has 1 heterocycles. The van der Waals surface area contributed by atoms with Crippen LogP contribution in [0, 0.1) is 17.6 Å². The van der Waals surface area contributed by atoms with Gasteiger partial charge in [-0.1, -0.05) is 6.07 Å². The molecule has 1 amide bonds. The number of rotatable bonds is 3. The first-order valence-electron chi connectivity index (χ1n) is 6.67. The lowest BCUT2D eigenvalue weighted by Gasteiger charge is -2.45. The van der Waals surface area contributed by atoms with E-state index in [1.165, 1.54) is 6.07 Å². The number of carbonyl (C=O) groups excluding carboxylic acids is 1. The van der Waals surface area contributed by atoms with Crippen molar-refractivity contribution in [3.05, 3.63) is 35.4 Å². The molecule has 1 aromatic rings. The Kier molecular flexibility index (Phi) is 3.43. The largest absolute Gasteiger partial charge is 0.376 e. The van der Waals surface area contributed by atoms with Crippen molar-refractivity contribution in [3.8, 4) is 0 Å². The summed E-state index contributed by atoms with van der Waals surface area (Å²) in [6.07, 6.45) is 0.513. The zero-order valence-electron chi connectivity index (χ0n) is 10.8. The van der Waals surface area contributed by atoms with Crippen LogP contribution in [-0.2, 0) is 16.0 Å². The number of amides is 1. The summed E-state index contributed by atoms with van der Waals surface area (Å²) in [4.78, 5) is 11.9. The van der Waals surface area contributed by atoms with E-state index in [1.807, 2.05) is 0 Å². The molecule has 1 aliphatic carbocycles. The average molecular weight is 282 g/mol. The molecule has 3 rings (SSSR count). The summed E-state index contributed by atoms with van der Waals surface area (Å²) < 4.78 is 32.4. The fraction of sp³-hybridized carbons (Fsp3) is 0.500. The van der Waals surface area contributed by atoms with Crippen LogP contribution >= 0.6 is 0 Å². The fourth-order valence-corrected chi connectivity index (χ4v) is 3.03. The summed E-state index contributed by atoms with van der Waals surface area (Å²) >= 11 is 0. The number of nitrogens with one attached hydrogen (secondary N) is 1. The Hall–Kier alpha value is -1.53. The summed E-state index contributed by atoms with van der Waals surface area (Å²) in [6, 6.07) is 3.14. The average Bonchev–Trinajstić information content (AvgIpc) is 2.85. The smallest absolute Gasteiger partial charge is 0.225 e. The highest BCUT2D eigenvalue weighted by Crippen LogP contribution is 2.37. The number of fused-ring (bicyclic) bond motifs is 1. The Bertz CT molecular complexity index is 518. The second-order valence-electron chi connectivity index (χ2n) is 5.34. The normalized spacial score (nSPS) is 31.6. The van der Waals surface area contributed by atoms with Crippen molar-refractivity contribution < 1.29 is 18.3 Å². The van der Waals surface area contributed by atoms with Gasteiger partial charge >= 0.3 is 0 Å². The van der Waals surface area contributed by atoms with Gasteiger partial charge in [0, 0.05) is 24.1 Å². The first-order valence-corrected chi connectivity index (χ1v) is 6.67. The minimum Gasteiger partial charge on any atom is -0.376 e. The van der Waals surface area contributed by atoms with Gasteiger partial charge in [0.15, 0.2) is 0 Å². The van der Waals surface area contributed by atoms with Crippen molar-refractivity contribution in [1.29, 1.82) is 0 Å². The predicted octanol–water partition coefficient (Wildman–Crippen LogP) is 0.738. The van der Waals surface area contributed by atoms with Crippen molar-refractivity contribution >= 4 is 5.91 Å². The van der Waals surface area contributed by atoms with E-state index in [-0.39, 0.29) is 36.1 Å². The molecule has 1 aromatic carbocycles. The van der Waals surface area contributed by atoms with Gasteiger partial charge in [0.25, 0.3) is 0 Å². The lowest BCUT2D eigenvalue weighted by molar-refractivity contribution is -0.125. The van der Waals surface area contributed by atoms with Crippen LogP contribution in [-0.4, -0.2) is 30.7 Å². The SMILES string of the molecule is NC1C2CCOC2C1NC(=O)Cc1c(F)cccc1F.